The lowest BCUT2D eigenvalue weighted by Crippen LogP contribution is -2.43. The molecule has 0 amide bonds. The molecule has 3 aliphatic carbocycles. The van der Waals surface area contributed by atoms with Crippen LogP contribution in [0.25, 0.3) is 11.6 Å². The number of nitrogens with zero attached hydrogens (tertiary/aromatic N) is 2. The molecule has 0 spiro atoms. The minimum absolute atomic E-state index is 0.790. The van der Waals surface area contributed by atoms with Crippen LogP contribution in [0.1, 0.15) is 58.8 Å². The van der Waals surface area contributed by atoms with Gasteiger partial charge >= 0.3 is 0 Å². The summed E-state index contributed by atoms with van der Waals surface area (Å²) in [6, 6.07) is 3.15. The molecule has 2 fully saturated rings. The minimum Gasteiger partial charge on any atom is -0.348 e. The summed E-state index contributed by atoms with van der Waals surface area (Å²) in [5, 5.41) is 3.10. The zero-order valence-corrected chi connectivity index (χ0v) is 14.9. The molecule has 1 heterocycles. The average molecular weight is 313 g/mol. The van der Waals surface area contributed by atoms with Gasteiger partial charge in [0.2, 0.25) is 0 Å². The number of fused-ring (bicyclic) bond motifs is 2. The van der Waals surface area contributed by atoms with Crippen molar-refractivity contribution in [1.82, 2.24) is 9.47 Å². The predicted molar refractivity (Wildman–Crippen MR) is 97.6 cm³/mol. The normalized spacial score (nSPS) is 26.3. The van der Waals surface area contributed by atoms with Gasteiger partial charge in [-0.3, -0.25) is 4.90 Å². The molecule has 3 aliphatic rings. The Kier molecular flexibility index (Phi) is 4.36. The average Bonchev–Trinajstić information content (AvgIpc) is 3.11. The number of hydrogen-bond donors (Lipinski definition) is 0. The second-order valence-corrected chi connectivity index (χ2v) is 7.93. The van der Waals surface area contributed by atoms with E-state index >= 15 is 0 Å². The van der Waals surface area contributed by atoms with E-state index in [1.807, 2.05) is 0 Å². The van der Waals surface area contributed by atoms with E-state index in [0.717, 1.165) is 17.9 Å². The van der Waals surface area contributed by atoms with Gasteiger partial charge in [0, 0.05) is 36.6 Å². The number of aryl methyl sites for hydroxylation is 1. The smallest absolute Gasteiger partial charge is 0.0472 e. The highest BCUT2D eigenvalue weighted by Crippen LogP contribution is 2.40. The summed E-state index contributed by atoms with van der Waals surface area (Å²) < 4.78 is 2.53. The number of rotatable bonds is 7. The summed E-state index contributed by atoms with van der Waals surface area (Å²) in [5.74, 6) is 1.80. The van der Waals surface area contributed by atoms with E-state index in [9.17, 15) is 0 Å². The summed E-state index contributed by atoms with van der Waals surface area (Å²) in [6.45, 7) is 8.47. The third kappa shape index (κ3) is 2.91. The van der Waals surface area contributed by atoms with Crippen molar-refractivity contribution in [3.8, 4) is 0 Å². The highest BCUT2D eigenvalue weighted by Gasteiger charge is 2.38. The van der Waals surface area contributed by atoms with Crippen LogP contribution in [0, 0.1) is 11.8 Å². The van der Waals surface area contributed by atoms with Crippen LogP contribution < -0.4 is 10.6 Å². The zero-order chi connectivity index (χ0) is 15.8. The van der Waals surface area contributed by atoms with E-state index in [0.29, 0.717) is 0 Å². The molecule has 0 N–H and O–H groups in total. The van der Waals surface area contributed by atoms with Crippen LogP contribution in [0.3, 0.4) is 0 Å². The molecule has 0 radical (unpaired) electrons. The van der Waals surface area contributed by atoms with Crippen molar-refractivity contribution in [3.63, 3.8) is 0 Å². The highest BCUT2D eigenvalue weighted by molar-refractivity contribution is 5.56. The topological polar surface area (TPSA) is 8.17 Å². The quantitative estimate of drug-likeness (QED) is 0.751. The van der Waals surface area contributed by atoms with Gasteiger partial charge in [-0.15, -0.1) is 0 Å². The first-order valence-electron chi connectivity index (χ1n) is 9.94. The zero-order valence-electron chi connectivity index (χ0n) is 14.9. The van der Waals surface area contributed by atoms with Crippen LogP contribution in [0.4, 0.5) is 0 Å². The Morgan fingerprint density at radius 3 is 2.78 bits per heavy atom. The van der Waals surface area contributed by atoms with E-state index in [1.165, 1.54) is 69.8 Å². The Balaban J connectivity index is 1.65. The SMILES string of the molecule is CCCN(CC1CC1)C1CCC2=c3c(ccn3CCC)=CCC21. The third-order valence-electron chi connectivity index (χ3n) is 6.15. The Bertz CT molecular complexity index is 665. The van der Waals surface area contributed by atoms with Gasteiger partial charge in [0.05, 0.1) is 0 Å². The van der Waals surface area contributed by atoms with Gasteiger partial charge in [0.1, 0.15) is 0 Å². The summed E-state index contributed by atoms with van der Waals surface area (Å²) in [4.78, 5) is 2.86. The maximum atomic E-state index is 2.86. The van der Waals surface area contributed by atoms with Crippen molar-refractivity contribution >= 4 is 11.6 Å². The first-order chi connectivity index (χ1) is 11.3. The lowest BCUT2D eigenvalue weighted by molar-refractivity contribution is 0.164. The summed E-state index contributed by atoms with van der Waals surface area (Å²) in [6.07, 6.45) is 14.3. The van der Waals surface area contributed by atoms with Gasteiger partial charge in [-0.1, -0.05) is 19.9 Å². The van der Waals surface area contributed by atoms with Gasteiger partial charge in [-0.05, 0) is 74.3 Å². The van der Waals surface area contributed by atoms with Crippen LogP contribution in [-0.4, -0.2) is 28.6 Å². The number of aromatic nitrogens is 1. The summed E-state index contributed by atoms with van der Waals surface area (Å²) in [7, 11) is 0. The van der Waals surface area contributed by atoms with Crippen LogP contribution in [0.5, 0.6) is 0 Å². The molecule has 2 nitrogen and oxygen atoms in total. The predicted octanol–water partition coefficient (Wildman–Crippen LogP) is 3.13. The lowest BCUT2D eigenvalue weighted by atomic mass is 9.90. The minimum atomic E-state index is 0.790. The van der Waals surface area contributed by atoms with E-state index in [2.05, 4.69) is 41.7 Å². The Hall–Kier alpha value is -1.02. The van der Waals surface area contributed by atoms with Crippen molar-refractivity contribution < 1.29 is 0 Å². The first kappa shape index (κ1) is 15.5. The van der Waals surface area contributed by atoms with Gasteiger partial charge in [-0.2, -0.15) is 0 Å². The third-order valence-corrected chi connectivity index (χ3v) is 6.15. The Labute approximate surface area is 140 Å². The van der Waals surface area contributed by atoms with Crippen molar-refractivity contribution in [2.75, 3.05) is 13.1 Å². The maximum Gasteiger partial charge on any atom is 0.0472 e. The van der Waals surface area contributed by atoms with Crippen LogP contribution in [0.2, 0.25) is 0 Å². The molecule has 0 aliphatic heterocycles. The Morgan fingerprint density at radius 1 is 1.17 bits per heavy atom. The Morgan fingerprint density at radius 2 is 2.04 bits per heavy atom. The molecule has 4 rings (SSSR count). The van der Waals surface area contributed by atoms with Gasteiger partial charge in [0.15, 0.2) is 0 Å². The monoisotopic (exact) mass is 312 g/mol. The van der Waals surface area contributed by atoms with Crippen molar-refractivity contribution in [3.05, 3.63) is 22.8 Å². The second-order valence-electron chi connectivity index (χ2n) is 7.93. The molecular weight excluding hydrogens is 280 g/mol. The molecule has 0 bridgehead atoms. The van der Waals surface area contributed by atoms with Crippen LogP contribution >= 0.6 is 0 Å². The molecule has 2 saturated carbocycles. The molecule has 0 saturated heterocycles. The first-order valence-corrected chi connectivity index (χ1v) is 9.94. The van der Waals surface area contributed by atoms with Gasteiger partial charge in [-0.25, -0.2) is 0 Å². The largest absolute Gasteiger partial charge is 0.348 e. The molecule has 2 unspecified atom stereocenters. The standard InChI is InChI=1S/C21H32N2/c1-3-12-22-14-11-17-7-8-18-19(21(17)22)9-10-20(18)23(13-4-2)15-16-5-6-16/h7,11,14,16,18,20H,3-6,8-10,12-13,15H2,1-2H3. The van der Waals surface area contributed by atoms with E-state index in [1.54, 1.807) is 10.9 Å². The van der Waals surface area contributed by atoms with E-state index < -0.39 is 0 Å². The molecule has 2 heteroatoms. The summed E-state index contributed by atoms with van der Waals surface area (Å²) >= 11 is 0. The fraction of sp³-hybridized carbons (Fsp3) is 0.714. The van der Waals surface area contributed by atoms with E-state index in [4.69, 9.17) is 0 Å². The van der Waals surface area contributed by atoms with Crippen molar-refractivity contribution in [1.29, 1.82) is 0 Å². The molecule has 1 aromatic heterocycles. The second kappa shape index (κ2) is 6.47. The lowest BCUT2D eigenvalue weighted by Gasteiger charge is -2.33. The van der Waals surface area contributed by atoms with Gasteiger partial charge in [0.25, 0.3) is 0 Å². The van der Waals surface area contributed by atoms with Crippen LogP contribution in [0.15, 0.2) is 12.3 Å². The fourth-order valence-electron chi connectivity index (χ4n) is 4.97. The molecule has 0 aromatic carbocycles. The van der Waals surface area contributed by atoms with Crippen molar-refractivity contribution in [2.45, 2.75) is 71.4 Å². The highest BCUT2D eigenvalue weighted by atomic mass is 15.2. The van der Waals surface area contributed by atoms with Crippen molar-refractivity contribution in [2.24, 2.45) is 11.8 Å². The van der Waals surface area contributed by atoms with Gasteiger partial charge < -0.3 is 4.57 Å². The molecule has 1 aromatic rings. The molecule has 23 heavy (non-hydrogen) atoms. The molecule has 2 atom stereocenters. The molecule has 126 valence electrons. The van der Waals surface area contributed by atoms with Crippen LogP contribution in [-0.2, 0) is 6.54 Å². The van der Waals surface area contributed by atoms with E-state index in [-0.39, 0.29) is 0 Å². The molecular formula is C21H32N2. The fourth-order valence-corrected chi connectivity index (χ4v) is 4.97. The maximum absolute atomic E-state index is 2.86. The number of hydrogen-bond acceptors (Lipinski definition) is 1. The summed E-state index contributed by atoms with van der Waals surface area (Å²) in [5.41, 5.74) is 1.78.